The number of aromatic nitrogens is 3. The first-order valence-corrected chi connectivity index (χ1v) is 10.9. The van der Waals surface area contributed by atoms with Gasteiger partial charge < -0.3 is 19.5 Å². The molecule has 0 unspecified atom stereocenters. The zero-order valence-electron chi connectivity index (χ0n) is 20.0. The minimum absolute atomic E-state index is 0.140. The second-order valence-electron chi connectivity index (χ2n) is 7.92. The lowest BCUT2D eigenvalue weighted by Gasteiger charge is -2.11. The Hall–Kier alpha value is -4.07. The van der Waals surface area contributed by atoms with Gasteiger partial charge >= 0.3 is 0 Å². The van der Waals surface area contributed by atoms with E-state index in [1.165, 1.54) is 0 Å². The Labute approximate surface area is 198 Å². The molecule has 4 aromatic rings. The Bertz CT molecular complexity index is 1350. The van der Waals surface area contributed by atoms with Crippen LogP contribution in [-0.2, 0) is 11.3 Å². The highest BCUT2D eigenvalue weighted by atomic mass is 16.5. The fraction of sp³-hybridized carbons (Fsp3) is 0.269. The normalized spacial score (nSPS) is 10.9. The first-order chi connectivity index (χ1) is 16.4. The molecule has 0 saturated heterocycles. The number of carbonyl (C=O) groups is 1. The van der Waals surface area contributed by atoms with Gasteiger partial charge in [0.15, 0.2) is 17.1 Å². The second kappa shape index (κ2) is 9.82. The van der Waals surface area contributed by atoms with E-state index in [0.717, 1.165) is 39.3 Å². The van der Waals surface area contributed by atoms with Gasteiger partial charge in [-0.1, -0.05) is 12.1 Å². The number of nitrogens with zero attached hydrogens (tertiary/aromatic N) is 3. The van der Waals surface area contributed by atoms with Crippen LogP contribution in [0.3, 0.4) is 0 Å². The van der Waals surface area contributed by atoms with Gasteiger partial charge in [-0.2, -0.15) is 5.10 Å². The topological polar surface area (TPSA) is 87.5 Å². The third kappa shape index (κ3) is 4.52. The molecule has 1 N–H and O–H groups in total. The smallest absolute Gasteiger partial charge is 0.226 e. The maximum Gasteiger partial charge on any atom is 0.226 e. The van der Waals surface area contributed by atoms with Crippen LogP contribution in [0.25, 0.3) is 22.3 Å². The number of rotatable bonds is 8. The number of nitrogens with one attached hydrogen (secondary N) is 1. The molecular formula is C26H28N4O4. The van der Waals surface area contributed by atoms with Crippen molar-refractivity contribution in [1.82, 2.24) is 14.8 Å². The molecule has 0 aliphatic heterocycles. The summed E-state index contributed by atoms with van der Waals surface area (Å²) in [5, 5.41) is 8.72. The summed E-state index contributed by atoms with van der Waals surface area (Å²) in [6.07, 6.45) is 0.227. The van der Waals surface area contributed by atoms with Gasteiger partial charge in [-0.3, -0.25) is 4.79 Å². The number of fused-ring (bicyclic) bond motifs is 1. The van der Waals surface area contributed by atoms with Crippen LogP contribution in [0.2, 0.25) is 0 Å². The molecule has 8 nitrogen and oxygen atoms in total. The Morgan fingerprint density at radius 1 is 0.941 bits per heavy atom. The summed E-state index contributed by atoms with van der Waals surface area (Å²) in [5.74, 6) is 1.75. The maximum atomic E-state index is 12.7. The molecule has 0 atom stereocenters. The van der Waals surface area contributed by atoms with Crippen LogP contribution in [-0.4, -0.2) is 42.0 Å². The van der Waals surface area contributed by atoms with Crippen molar-refractivity contribution in [2.45, 2.75) is 26.8 Å². The number of aryl methyl sites for hydroxylation is 3. The minimum Gasteiger partial charge on any atom is -0.496 e. The van der Waals surface area contributed by atoms with Gasteiger partial charge in [-0.25, -0.2) is 9.67 Å². The quantitative estimate of drug-likeness (QED) is 0.408. The van der Waals surface area contributed by atoms with Gasteiger partial charge in [0.25, 0.3) is 0 Å². The summed E-state index contributed by atoms with van der Waals surface area (Å²) < 4.78 is 17.9. The van der Waals surface area contributed by atoms with Crippen LogP contribution in [0, 0.1) is 13.8 Å². The summed E-state index contributed by atoms with van der Waals surface area (Å²) in [5.41, 5.74) is 5.02. The zero-order chi connectivity index (χ0) is 24.2. The van der Waals surface area contributed by atoms with Crippen molar-refractivity contribution in [2.75, 3.05) is 26.6 Å². The monoisotopic (exact) mass is 460 g/mol. The molecule has 176 valence electrons. The lowest BCUT2D eigenvalue weighted by Crippen LogP contribution is -2.15. The van der Waals surface area contributed by atoms with Crippen LogP contribution in [0.4, 0.5) is 5.69 Å². The summed E-state index contributed by atoms with van der Waals surface area (Å²) in [6, 6.07) is 15.1. The minimum atomic E-state index is -0.140. The number of methoxy groups -OCH3 is 3. The molecule has 0 radical (unpaired) electrons. The Morgan fingerprint density at radius 2 is 1.68 bits per heavy atom. The fourth-order valence-corrected chi connectivity index (χ4v) is 4.04. The molecule has 2 aromatic heterocycles. The molecule has 4 rings (SSSR count). The largest absolute Gasteiger partial charge is 0.496 e. The zero-order valence-corrected chi connectivity index (χ0v) is 20.0. The van der Waals surface area contributed by atoms with Crippen LogP contribution in [0.1, 0.15) is 17.7 Å². The fourth-order valence-electron chi connectivity index (χ4n) is 4.04. The summed E-state index contributed by atoms with van der Waals surface area (Å²) in [6.45, 7) is 4.38. The number of carbonyl (C=O) groups excluding carboxylic acids is 1. The van der Waals surface area contributed by atoms with Gasteiger partial charge in [0, 0.05) is 29.4 Å². The van der Waals surface area contributed by atoms with E-state index in [1.54, 1.807) is 44.2 Å². The number of benzene rings is 2. The highest BCUT2D eigenvalue weighted by molar-refractivity contribution is 5.96. The second-order valence-corrected chi connectivity index (χ2v) is 7.92. The summed E-state index contributed by atoms with van der Waals surface area (Å²) >= 11 is 0. The van der Waals surface area contributed by atoms with Gasteiger partial charge in [0.05, 0.1) is 33.3 Å². The molecule has 1 amide bonds. The van der Waals surface area contributed by atoms with E-state index < -0.39 is 0 Å². The van der Waals surface area contributed by atoms with E-state index in [9.17, 15) is 4.79 Å². The van der Waals surface area contributed by atoms with Crippen molar-refractivity contribution in [3.8, 4) is 28.5 Å². The van der Waals surface area contributed by atoms with Crippen molar-refractivity contribution in [3.05, 3.63) is 59.8 Å². The number of para-hydroxylation sites is 1. The van der Waals surface area contributed by atoms with E-state index in [-0.39, 0.29) is 12.3 Å². The molecule has 0 aliphatic rings. The highest BCUT2D eigenvalue weighted by Gasteiger charge is 2.19. The summed E-state index contributed by atoms with van der Waals surface area (Å²) in [4.78, 5) is 17.5. The van der Waals surface area contributed by atoms with Crippen molar-refractivity contribution < 1.29 is 19.0 Å². The Morgan fingerprint density at radius 3 is 2.41 bits per heavy atom. The maximum absolute atomic E-state index is 12.7. The number of hydrogen-bond donors (Lipinski definition) is 1. The van der Waals surface area contributed by atoms with Crippen molar-refractivity contribution in [1.29, 1.82) is 0 Å². The van der Waals surface area contributed by atoms with E-state index >= 15 is 0 Å². The molecule has 0 bridgehead atoms. The van der Waals surface area contributed by atoms with Crippen molar-refractivity contribution in [3.63, 3.8) is 0 Å². The molecule has 8 heteroatoms. The number of hydrogen-bond acceptors (Lipinski definition) is 6. The van der Waals surface area contributed by atoms with E-state index in [0.29, 0.717) is 23.7 Å². The molecule has 0 aliphatic carbocycles. The van der Waals surface area contributed by atoms with Crippen LogP contribution in [0.15, 0.2) is 48.5 Å². The van der Waals surface area contributed by atoms with Gasteiger partial charge in [0.1, 0.15) is 11.4 Å². The van der Waals surface area contributed by atoms with E-state index in [4.69, 9.17) is 24.3 Å². The Balaban J connectivity index is 1.62. The number of amides is 1. The molecule has 0 spiro atoms. The average molecular weight is 461 g/mol. The predicted molar refractivity (Wildman–Crippen MR) is 132 cm³/mol. The standard InChI is InChI=1S/C26H28N4O4/c1-16-14-17(2)27-26-24(16)25(19-8-6-7-9-20(19)32-3)29-30(26)13-12-23(31)28-18-10-11-21(33-4)22(15-18)34-5/h6-11,14-15H,12-13H2,1-5H3,(H,28,31). The van der Waals surface area contributed by atoms with Crippen molar-refractivity contribution >= 4 is 22.6 Å². The Kier molecular flexibility index (Phi) is 6.67. The molecule has 0 fully saturated rings. The number of anilines is 1. The lowest BCUT2D eigenvalue weighted by molar-refractivity contribution is -0.116. The molecule has 0 saturated carbocycles. The number of pyridine rings is 1. The summed E-state index contributed by atoms with van der Waals surface area (Å²) in [7, 11) is 4.77. The molecular weight excluding hydrogens is 432 g/mol. The van der Waals surface area contributed by atoms with E-state index in [1.807, 2.05) is 44.2 Å². The predicted octanol–water partition coefficient (Wildman–Crippen LogP) is 4.77. The molecule has 2 aromatic carbocycles. The molecule has 34 heavy (non-hydrogen) atoms. The van der Waals surface area contributed by atoms with Gasteiger partial charge in [-0.05, 0) is 49.7 Å². The highest BCUT2D eigenvalue weighted by Crippen LogP contribution is 2.35. The third-order valence-corrected chi connectivity index (χ3v) is 5.61. The van der Waals surface area contributed by atoms with Gasteiger partial charge in [-0.15, -0.1) is 0 Å². The molecule has 2 heterocycles. The first kappa shape index (κ1) is 23.1. The van der Waals surface area contributed by atoms with Crippen LogP contribution >= 0.6 is 0 Å². The first-order valence-electron chi connectivity index (χ1n) is 10.9. The van der Waals surface area contributed by atoms with Gasteiger partial charge in [0.2, 0.25) is 5.91 Å². The van der Waals surface area contributed by atoms with Crippen LogP contribution in [0.5, 0.6) is 17.2 Å². The number of ether oxygens (including phenoxy) is 3. The van der Waals surface area contributed by atoms with Crippen LogP contribution < -0.4 is 19.5 Å². The third-order valence-electron chi connectivity index (χ3n) is 5.61. The lowest BCUT2D eigenvalue weighted by atomic mass is 10.0. The van der Waals surface area contributed by atoms with Crippen molar-refractivity contribution in [2.24, 2.45) is 0 Å². The average Bonchev–Trinajstić information content (AvgIpc) is 3.21. The van der Waals surface area contributed by atoms with E-state index in [2.05, 4.69) is 5.32 Å². The SMILES string of the molecule is COc1ccc(NC(=O)CCn2nc(-c3ccccc3OC)c3c(C)cc(C)nc32)cc1OC.